The van der Waals surface area contributed by atoms with Crippen LogP contribution in [0.1, 0.15) is 57.2 Å². The van der Waals surface area contributed by atoms with Gasteiger partial charge in [0.15, 0.2) is 11.5 Å². The van der Waals surface area contributed by atoms with Gasteiger partial charge in [-0.05, 0) is 60.1 Å². The molecule has 0 spiro atoms. The van der Waals surface area contributed by atoms with Crippen LogP contribution in [0.25, 0.3) is 11.1 Å². The molecule has 0 heterocycles. The van der Waals surface area contributed by atoms with Gasteiger partial charge in [0.05, 0.1) is 33.1 Å². The average molecular weight is 570 g/mol. The molecule has 2 aromatic rings. The summed E-state index contributed by atoms with van der Waals surface area (Å²) >= 11 is 0. The van der Waals surface area contributed by atoms with Crippen LogP contribution in [-0.2, 0) is 20.7 Å². The van der Waals surface area contributed by atoms with Crippen LogP contribution in [0.4, 0.5) is 5.69 Å². The number of carbonyl (C=O) groups is 2. The van der Waals surface area contributed by atoms with E-state index in [4.69, 9.17) is 18.9 Å². The van der Waals surface area contributed by atoms with E-state index in [1.165, 1.54) is 6.92 Å². The number of rotatable bonds is 13. The molecule has 10 heteroatoms. The third-order valence-electron chi connectivity index (χ3n) is 7.55. The zero-order chi connectivity index (χ0) is 30.1. The van der Waals surface area contributed by atoms with E-state index in [0.717, 1.165) is 23.1 Å². The van der Waals surface area contributed by atoms with Gasteiger partial charge in [-0.25, -0.2) is 0 Å². The van der Waals surface area contributed by atoms with Crippen LogP contribution >= 0.6 is 0 Å². The molecule has 0 aromatic heterocycles. The topological polar surface area (TPSA) is 124 Å². The lowest BCUT2D eigenvalue weighted by Crippen LogP contribution is -2.44. The molecule has 0 fully saturated rings. The molecule has 0 saturated heterocycles. The number of nitrogens with one attached hydrogen (secondary N) is 3. The van der Waals surface area contributed by atoms with Gasteiger partial charge in [-0.15, -0.1) is 0 Å². The molecular weight excluding hydrogens is 526 g/mol. The molecule has 2 aromatic carbocycles. The summed E-state index contributed by atoms with van der Waals surface area (Å²) in [5, 5.41) is 9.19. The molecule has 3 N–H and O–H groups in total. The standard InChI is InChI=1S/C31H43N3O7/c1-8-18(2)28(31(37)32-14-9-15-38-4)34-24-13-11-21-22(17-25(24)36)23(33-19(3)35)12-10-20-16-26(39-5)29(40-6)30(41-7)27(20)21/h11,13,16-18,23,28H,8-10,12,14-15H2,1-7H3,(H,32,37)(H,33,35)(H,34,36). The van der Waals surface area contributed by atoms with Crippen LogP contribution in [0, 0.1) is 5.92 Å². The highest BCUT2D eigenvalue weighted by atomic mass is 16.5. The molecule has 3 atom stereocenters. The van der Waals surface area contributed by atoms with Crippen molar-refractivity contribution >= 4 is 17.5 Å². The zero-order valence-corrected chi connectivity index (χ0v) is 25.1. The smallest absolute Gasteiger partial charge is 0.242 e. The highest BCUT2D eigenvalue weighted by Crippen LogP contribution is 2.50. The second kappa shape index (κ2) is 14.7. The Balaban J connectivity index is 2.18. The summed E-state index contributed by atoms with van der Waals surface area (Å²) in [7, 11) is 6.29. The van der Waals surface area contributed by atoms with Gasteiger partial charge < -0.3 is 34.9 Å². The normalized spacial score (nSPS) is 15.3. The monoisotopic (exact) mass is 569 g/mol. The first-order chi connectivity index (χ1) is 19.7. The van der Waals surface area contributed by atoms with Crippen LogP contribution in [0.3, 0.4) is 0 Å². The van der Waals surface area contributed by atoms with Gasteiger partial charge in [0.1, 0.15) is 6.04 Å². The second-order valence-electron chi connectivity index (χ2n) is 10.2. The molecule has 3 rings (SSSR count). The molecule has 224 valence electrons. The van der Waals surface area contributed by atoms with Crippen molar-refractivity contribution in [1.29, 1.82) is 0 Å². The average Bonchev–Trinajstić information content (AvgIpc) is 3.20. The molecular formula is C31H43N3O7. The van der Waals surface area contributed by atoms with E-state index in [-0.39, 0.29) is 28.8 Å². The predicted octanol–water partition coefficient (Wildman–Crippen LogP) is 3.84. The van der Waals surface area contributed by atoms with Crippen molar-refractivity contribution in [1.82, 2.24) is 10.6 Å². The summed E-state index contributed by atoms with van der Waals surface area (Å²) in [5.41, 5.74) is 3.09. The largest absolute Gasteiger partial charge is 0.493 e. The Bertz CT molecular complexity index is 1300. The summed E-state index contributed by atoms with van der Waals surface area (Å²) in [6.07, 6.45) is 2.59. The predicted molar refractivity (Wildman–Crippen MR) is 159 cm³/mol. The van der Waals surface area contributed by atoms with Gasteiger partial charge in [-0.2, -0.15) is 0 Å². The summed E-state index contributed by atoms with van der Waals surface area (Å²) < 4.78 is 22.2. The molecule has 3 unspecified atom stereocenters. The zero-order valence-electron chi connectivity index (χ0n) is 25.1. The van der Waals surface area contributed by atoms with Crippen LogP contribution in [0.5, 0.6) is 17.2 Å². The molecule has 10 nitrogen and oxygen atoms in total. The first-order valence-corrected chi connectivity index (χ1v) is 14.0. The van der Waals surface area contributed by atoms with E-state index < -0.39 is 12.1 Å². The lowest BCUT2D eigenvalue weighted by Gasteiger charge is -2.24. The molecule has 2 amide bonds. The number of hydrogen-bond acceptors (Lipinski definition) is 8. The number of fused-ring (bicyclic) bond motifs is 3. The highest BCUT2D eigenvalue weighted by Gasteiger charge is 2.30. The second-order valence-corrected chi connectivity index (χ2v) is 10.2. The first-order valence-electron chi connectivity index (χ1n) is 14.0. The Morgan fingerprint density at radius 2 is 1.78 bits per heavy atom. The van der Waals surface area contributed by atoms with Crippen LogP contribution < -0.4 is 35.6 Å². The maximum absolute atomic E-state index is 13.7. The Kier molecular flexibility index (Phi) is 11.4. The van der Waals surface area contributed by atoms with Crippen molar-refractivity contribution in [3.8, 4) is 28.4 Å². The lowest BCUT2D eigenvalue weighted by atomic mass is 9.95. The molecule has 1 aliphatic rings. The van der Waals surface area contributed by atoms with Gasteiger partial charge in [-0.3, -0.25) is 14.4 Å². The number of amides is 2. The molecule has 0 bridgehead atoms. The van der Waals surface area contributed by atoms with E-state index in [1.54, 1.807) is 40.6 Å². The van der Waals surface area contributed by atoms with Crippen molar-refractivity contribution in [2.24, 2.45) is 5.92 Å². The fraction of sp³-hybridized carbons (Fsp3) is 0.516. The molecule has 0 saturated carbocycles. The SMILES string of the molecule is CCC(C)C(Nc1ccc2c(cc1=O)C(NC(C)=O)CCc1cc(OC)c(OC)c(OC)c1-2)C(=O)NCCCOC. The Hall–Kier alpha value is -3.79. The van der Waals surface area contributed by atoms with Crippen molar-refractivity contribution in [3.05, 3.63) is 45.6 Å². The number of hydrogen-bond donors (Lipinski definition) is 3. The molecule has 1 aliphatic carbocycles. The Morgan fingerprint density at radius 3 is 2.39 bits per heavy atom. The molecule has 0 aliphatic heterocycles. The third kappa shape index (κ3) is 7.30. The van der Waals surface area contributed by atoms with Gasteiger partial charge in [-0.1, -0.05) is 26.3 Å². The molecule has 41 heavy (non-hydrogen) atoms. The first kappa shape index (κ1) is 31.7. The highest BCUT2D eigenvalue weighted by molar-refractivity contribution is 5.86. The van der Waals surface area contributed by atoms with Gasteiger partial charge in [0.2, 0.25) is 23.0 Å². The van der Waals surface area contributed by atoms with E-state index in [0.29, 0.717) is 55.2 Å². The lowest BCUT2D eigenvalue weighted by molar-refractivity contribution is -0.123. The number of carbonyl (C=O) groups excluding carboxylic acids is 2. The fourth-order valence-electron chi connectivity index (χ4n) is 5.23. The number of ether oxygens (including phenoxy) is 4. The van der Waals surface area contributed by atoms with Crippen molar-refractivity contribution in [2.75, 3.05) is 46.9 Å². The van der Waals surface area contributed by atoms with Crippen LogP contribution in [0.2, 0.25) is 0 Å². The van der Waals surface area contributed by atoms with Gasteiger partial charge >= 0.3 is 0 Å². The van der Waals surface area contributed by atoms with Crippen LogP contribution in [0.15, 0.2) is 29.1 Å². The van der Waals surface area contributed by atoms with E-state index in [1.807, 2.05) is 26.0 Å². The van der Waals surface area contributed by atoms with E-state index >= 15 is 0 Å². The van der Waals surface area contributed by atoms with E-state index in [9.17, 15) is 14.4 Å². The Morgan fingerprint density at radius 1 is 1.05 bits per heavy atom. The minimum atomic E-state index is -0.616. The number of aryl methyl sites for hydroxylation is 1. The van der Waals surface area contributed by atoms with Crippen molar-refractivity contribution in [2.45, 2.75) is 58.5 Å². The maximum Gasteiger partial charge on any atom is 0.242 e. The maximum atomic E-state index is 13.7. The quantitative estimate of drug-likeness (QED) is 0.311. The Labute approximate surface area is 242 Å². The van der Waals surface area contributed by atoms with Crippen LogP contribution in [-0.4, -0.2) is 59.4 Å². The minimum absolute atomic E-state index is 0.0372. The van der Waals surface area contributed by atoms with Crippen molar-refractivity contribution < 1.29 is 28.5 Å². The minimum Gasteiger partial charge on any atom is -0.493 e. The number of benzene rings is 1. The third-order valence-corrected chi connectivity index (χ3v) is 7.55. The van der Waals surface area contributed by atoms with Gasteiger partial charge in [0, 0.05) is 32.7 Å². The summed E-state index contributed by atoms with van der Waals surface area (Å²) in [6, 6.07) is 5.97. The van der Waals surface area contributed by atoms with Crippen molar-refractivity contribution in [3.63, 3.8) is 0 Å². The summed E-state index contributed by atoms with van der Waals surface area (Å²) in [6.45, 7) is 6.46. The number of methoxy groups -OCH3 is 4. The summed E-state index contributed by atoms with van der Waals surface area (Å²) in [5.74, 6) is 1.03. The van der Waals surface area contributed by atoms with E-state index in [2.05, 4.69) is 16.0 Å². The summed E-state index contributed by atoms with van der Waals surface area (Å²) in [4.78, 5) is 39.0. The fourth-order valence-corrected chi connectivity index (χ4v) is 5.23. The molecule has 0 radical (unpaired) electrons. The van der Waals surface area contributed by atoms with Gasteiger partial charge in [0.25, 0.3) is 0 Å². The number of anilines is 1.